The molecule has 0 radical (unpaired) electrons. The summed E-state index contributed by atoms with van der Waals surface area (Å²) < 4.78 is 13.1. The van der Waals surface area contributed by atoms with Crippen LogP contribution in [0.3, 0.4) is 0 Å². The van der Waals surface area contributed by atoms with E-state index in [-0.39, 0.29) is 17.5 Å². The molecule has 0 bridgehead atoms. The number of nitrogens with zero attached hydrogens (tertiary/aromatic N) is 2. The molecular formula is C19H23ClFN3O. The molecule has 0 saturated heterocycles. The van der Waals surface area contributed by atoms with E-state index in [2.05, 4.69) is 29.6 Å². The Morgan fingerprint density at radius 2 is 1.84 bits per heavy atom. The molecule has 4 nitrogen and oxygen atoms in total. The second kappa shape index (κ2) is 8.83. The first kappa shape index (κ1) is 19.2. The van der Waals surface area contributed by atoms with Crippen molar-refractivity contribution in [3.63, 3.8) is 0 Å². The average molecular weight is 364 g/mol. The highest BCUT2D eigenvalue weighted by atomic mass is 35.5. The Morgan fingerprint density at radius 3 is 2.40 bits per heavy atom. The summed E-state index contributed by atoms with van der Waals surface area (Å²) in [6.07, 6.45) is 0. The van der Waals surface area contributed by atoms with Crippen LogP contribution in [0.1, 0.15) is 12.5 Å². The van der Waals surface area contributed by atoms with E-state index in [0.29, 0.717) is 12.2 Å². The average Bonchev–Trinajstić information content (AvgIpc) is 2.57. The molecule has 25 heavy (non-hydrogen) atoms. The van der Waals surface area contributed by atoms with Gasteiger partial charge in [0.15, 0.2) is 0 Å². The van der Waals surface area contributed by atoms with Crippen LogP contribution in [0.4, 0.5) is 15.8 Å². The molecule has 134 valence electrons. The first-order valence-corrected chi connectivity index (χ1v) is 8.50. The molecule has 1 amide bonds. The van der Waals surface area contributed by atoms with Crippen molar-refractivity contribution < 1.29 is 9.18 Å². The quantitative estimate of drug-likeness (QED) is 0.807. The van der Waals surface area contributed by atoms with Gasteiger partial charge in [-0.3, -0.25) is 9.69 Å². The third kappa shape index (κ3) is 5.73. The van der Waals surface area contributed by atoms with Gasteiger partial charge in [0.2, 0.25) is 5.91 Å². The topological polar surface area (TPSA) is 35.6 Å². The highest BCUT2D eigenvalue weighted by Gasteiger charge is 2.12. The lowest BCUT2D eigenvalue weighted by molar-refractivity contribution is -0.117. The maximum absolute atomic E-state index is 13.1. The maximum Gasteiger partial charge on any atom is 0.238 e. The van der Waals surface area contributed by atoms with Crippen LogP contribution in [0, 0.1) is 5.82 Å². The predicted octanol–water partition coefficient (Wildman–Crippen LogP) is 4.01. The number of amides is 1. The number of benzene rings is 2. The summed E-state index contributed by atoms with van der Waals surface area (Å²) in [6, 6.07) is 12.2. The number of anilines is 2. The van der Waals surface area contributed by atoms with Crippen molar-refractivity contribution in [2.24, 2.45) is 0 Å². The lowest BCUT2D eigenvalue weighted by atomic mass is 10.2. The molecule has 2 rings (SSSR count). The van der Waals surface area contributed by atoms with Crippen molar-refractivity contribution >= 4 is 28.9 Å². The monoisotopic (exact) mass is 363 g/mol. The molecular weight excluding hydrogens is 341 g/mol. The highest BCUT2D eigenvalue weighted by molar-refractivity contribution is 6.33. The van der Waals surface area contributed by atoms with E-state index in [1.54, 1.807) is 0 Å². The van der Waals surface area contributed by atoms with Crippen LogP contribution in [-0.4, -0.2) is 38.0 Å². The molecule has 0 aliphatic rings. The molecule has 0 spiro atoms. The van der Waals surface area contributed by atoms with Crippen LogP contribution in [0.2, 0.25) is 5.02 Å². The van der Waals surface area contributed by atoms with E-state index in [9.17, 15) is 9.18 Å². The lowest BCUT2D eigenvalue weighted by Gasteiger charge is -2.21. The van der Waals surface area contributed by atoms with Crippen molar-refractivity contribution in [3.05, 3.63) is 58.9 Å². The van der Waals surface area contributed by atoms with Crippen LogP contribution < -0.4 is 10.2 Å². The number of hydrogen-bond acceptors (Lipinski definition) is 3. The molecule has 6 heteroatoms. The number of hydrogen-bond donors (Lipinski definition) is 1. The van der Waals surface area contributed by atoms with Gasteiger partial charge >= 0.3 is 0 Å². The Labute approximate surface area is 153 Å². The third-order valence-electron chi connectivity index (χ3n) is 3.88. The predicted molar refractivity (Wildman–Crippen MR) is 102 cm³/mol. The first-order chi connectivity index (χ1) is 11.9. The number of carbonyl (C=O) groups is 1. The summed E-state index contributed by atoms with van der Waals surface area (Å²) in [7, 11) is 4.00. The van der Waals surface area contributed by atoms with Gasteiger partial charge in [-0.25, -0.2) is 4.39 Å². The zero-order valence-corrected chi connectivity index (χ0v) is 15.5. The van der Waals surface area contributed by atoms with Gasteiger partial charge in [0.05, 0.1) is 17.3 Å². The summed E-state index contributed by atoms with van der Waals surface area (Å²) in [5.74, 6) is -0.611. The van der Waals surface area contributed by atoms with E-state index in [1.165, 1.54) is 18.2 Å². The van der Waals surface area contributed by atoms with Crippen molar-refractivity contribution in [2.75, 3.05) is 37.4 Å². The molecule has 2 aromatic carbocycles. The minimum absolute atomic E-state index is 0.180. The Bertz CT molecular complexity index is 719. The Balaban J connectivity index is 1.95. The van der Waals surface area contributed by atoms with Crippen LogP contribution >= 0.6 is 11.6 Å². The zero-order chi connectivity index (χ0) is 18.4. The molecule has 0 aliphatic carbocycles. The fraction of sp³-hybridized carbons (Fsp3) is 0.316. The summed E-state index contributed by atoms with van der Waals surface area (Å²) in [6.45, 7) is 3.65. The highest BCUT2D eigenvalue weighted by Crippen LogP contribution is 2.22. The van der Waals surface area contributed by atoms with Gasteiger partial charge in [0.1, 0.15) is 5.82 Å². The van der Waals surface area contributed by atoms with E-state index in [1.807, 2.05) is 30.8 Å². The molecule has 1 N–H and O–H groups in total. The number of likely N-dealkylation sites (N-methyl/N-ethyl adjacent to an activating group) is 1. The molecule has 0 fully saturated rings. The van der Waals surface area contributed by atoms with E-state index in [4.69, 9.17) is 11.6 Å². The summed E-state index contributed by atoms with van der Waals surface area (Å²) in [5.41, 5.74) is 2.69. The zero-order valence-electron chi connectivity index (χ0n) is 14.7. The molecule has 0 aromatic heterocycles. The van der Waals surface area contributed by atoms with Gasteiger partial charge in [-0.15, -0.1) is 0 Å². The van der Waals surface area contributed by atoms with E-state index >= 15 is 0 Å². The Morgan fingerprint density at radius 1 is 1.16 bits per heavy atom. The van der Waals surface area contributed by atoms with Crippen LogP contribution in [0.5, 0.6) is 0 Å². The summed E-state index contributed by atoms with van der Waals surface area (Å²) in [4.78, 5) is 16.3. The van der Waals surface area contributed by atoms with Crippen molar-refractivity contribution in [3.8, 4) is 0 Å². The van der Waals surface area contributed by atoms with Crippen LogP contribution in [0.15, 0.2) is 42.5 Å². The lowest BCUT2D eigenvalue weighted by Crippen LogP contribution is -2.32. The second-order valence-corrected chi connectivity index (χ2v) is 6.44. The Kier molecular flexibility index (Phi) is 6.79. The van der Waals surface area contributed by atoms with E-state index in [0.717, 1.165) is 17.8 Å². The molecule has 0 atom stereocenters. The maximum atomic E-state index is 13.1. The van der Waals surface area contributed by atoms with Gasteiger partial charge < -0.3 is 10.2 Å². The molecule has 0 aliphatic heterocycles. The third-order valence-corrected chi connectivity index (χ3v) is 4.19. The summed E-state index contributed by atoms with van der Waals surface area (Å²) in [5, 5.41) is 2.92. The standard InChI is InChI=1S/C19H23ClFN3O/c1-4-24(12-14-5-8-16(9-6-14)23(2)3)13-19(25)22-18-10-7-15(21)11-17(18)20/h5-11H,4,12-13H2,1-3H3,(H,22,25). The van der Waals surface area contributed by atoms with Gasteiger partial charge in [-0.1, -0.05) is 30.7 Å². The van der Waals surface area contributed by atoms with Gasteiger partial charge in [0.25, 0.3) is 0 Å². The molecule has 2 aromatic rings. The number of rotatable bonds is 7. The van der Waals surface area contributed by atoms with E-state index < -0.39 is 5.82 Å². The van der Waals surface area contributed by atoms with Crippen molar-refractivity contribution in [2.45, 2.75) is 13.5 Å². The van der Waals surface area contributed by atoms with Crippen LogP contribution in [0.25, 0.3) is 0 Å². The fourth-order valence-corrected chi connectivity index (χ4v) is 2.64. The number of nitrogens with one attached hydrogen (secondary N) is 1. The SMILES string of the molecule is CCN(CC(=O)Nc1ccc(F)cc1Cl)Cc1ccc(N(C)C)cc1. The van der Waals surface area contributed by atoms with Gasteiger partial charge in [-0.05, 0) is 42.4 Å². The minimum Gasteiger partial charge on any atom is -0.378 e. The first-order valence-electron chi connectivity index (χ1n) is 8.12. The Hall–Kier alpha value is -2.11. The van der Waals surface area contributed by atoms with Gasteiger partial charge in [0, 0.05) is 26.3 Å². The van der Waals surface area contributed by atoms with Gasteiger partial charge in [-0.2, -0.15) is 0 Å². The van der Waals surface area contributed by atoms with Crippen molar-refractivity contribution in [1.29, 1.82) is 0 Å². The molecule has 0 saturated carbocycles. The number of carbonyl (C=O) groups excluding carboxylic acids is 1. The summed E-state index contributed by atoms with van der Waals surface area (Å²) >= 11 is 5.94. The normalized spacial score (nSPS) is 10.8. The van der Waals surface area contributed by atoms with Crippen molar-refractivity contribution in [1.82, 2.24) is 4.90 Å². The minimum atomic E-state index is -0.431. The smallest absolute Gasteiger partial charge is 0.238 e. The molecule has 0 heterocycles. The van der Waals surface area contributed by atoms with Crippen LogP contribution in [-0.2, 0) is 11.3 Å². The largest absolute Gasteiger partial charge is 0.378 e. The molecule has 0 unspecified atom stereocenters. The second-order valence-electron chi connectivity index (χ2n) is 6.04. The number of halogens is 2. The fourth-order valence-electron chi connectivity index (χ4n) is 2.42.